The Bertz CT molecular complexity index is 891. The van der Waals surface area contributed by atoms with Crippen LogP contribution >= 0.6 is 0 Å². The Morgan fingerprint density at radius 2 is 1.62 bits per heavy atom. The van der Waals surface area contributed by atoms with Crippen molar-refractivity contribution in [1.82, 2.24) is 10.0 Å². The van der Waals surface area contributed by atoms with Crippen LogP contribution in [0.3, 0.4) is 0 Å². The fourth-order valence-electron chi connectivity index (χ4n) is 2.20. The van der Waals surface area contributed by atoms with E-state index in [1.165, 1.54) is 31.2 Å². The highest BCUT2D eigenvalue weighted by atomic mass is 32.2. The molecule has 2 rings (SSSR count). The molecule has 0 aliphatic heterocycles. The molecular weight excluding hydrogens is 354 g/mol. The van der Waals surface area contributed by atoms with Crippen molar-refractivity contribution in [3.05, 3.63) is 65.2 Å². The van der Waals surface area contributed by atoms with Gasteiger partial charge in [-0.15, -0.1) is 0 Å². The number of hydrogen-bond donors (Lipinski definition) is 3. The summed E-state index contributed by atoms with van der Waals surface area (Å²) in [4.78, 5) is 23.1. The number of nitrogens with two attached hydrogens (primary N) is 1. The molecule has 138 valence electrons. The lowest BCUT2D eigenvalue weighted by atomic mass is 10.1. The number of nitrogens with one attached hydrogen (secondary N) is 2. The zero-order valence-electron chi connectivity index (χ0n) is 14.5. The molecule has 0 heterocycles. The van der Waals surface area contributed by atoms with E-state index in [1.54, 1.807) is 0 Å². The van der Waals surface area contributed by atoms with Gasteiger partial charge in [-0.05, 0) is 43.7 Å². The molecule has 0 aromatic heterocycles. The van der Waals surface area contributed by atoms with Crippen LogP contribution in [0.25, 0.3) is 0 Å². The minimum atomic E-state index is -3.90. The first-order valence-electron chi connectivity index (χ1n) is 7.94. The second-order valence-corrected chi connectivity index (χ2v) is 7.65. The number of benzene rings is 2. The van der Waals surface area contributed by atoms with E-state index in [4.69, 9.17) is 5.73 Å². The Hall–Kier alpha value is -2.71. The van der Waals surface area contributed by atoms with Gasteiger partial charge >= 0.3 is 0 Å². The molecule has 0 aliphatic carbocycles. The largest absolute Gasteiger partial charge is 0.366 e. The molecule has 1 atom stereocenters. The van der Waals surface area contributed by atoms with E-state index in [2.05, 4.69) is 10.0 Å². The number of primary amides is 1. The lowest BCUT2D eigenvalue weighted by Gasteiger charge is -2.15. The highest BCUT2D eigenvalue weighted by Gasteiger charge is 2.22. The molecule has 0 unspecified atom stereocenters. The number of rotatable bonds is 7. The number of amides is 2. The molecule has 2 aromatic rings. The molecule has 4 N–H and O–H groups in total. The summed E-state index contributed by atoms with van der Waals surface area (Å²) in [6, 6.07) is 11.9. The maximum Gasteiger partial charge on any atom is 0.248 e. The Labute approximate surface area is 152 Å². The lowest BCUT2D eigenvalue weighted by Crippen LogP contribution is -2.44. The number of carbonyl (C=O) groups is 2. The fraction of sp³-hybridized carbons (Fsp3) is 0.222. The molecule has 0 radical (unpaired) electrons. The standard InChI is InChI=1S/C18H21N3O4S/c1-12-3-5-14(6-4-12)11-20-18(23)13(2)21-26(24,25)16-9-7-15(8-10-16)17(19)22/h3-10,13,21H,11H2,1-2H3,(H2,19,22)(H,20,23)/t13-/m1/s1. The van der Waals surface area contributed by atoms with Crippen LogP contribution in [0.5, 0.6) is 0 Å². The fourth-order valence-corrected chi connectivity index (χ4v) is 3.40. The molecule has 0 aliphatic rings. The average molecular weight is 375 g/mol. The quantitative estimate of drug-likeness (QED) is 0.671. The van der Waals surface area contributed by atoms with Gasteiger partial charge in [0.25, 0.3) is 0 Å². The molecule has 8 heteroatoms. The minimum absolute atomic E-state index is 0.0549. The Kier molecular flexibility index (Phi) is 6.12. The molecule has 7 nitrogen and oxygen atoms in total. The van der Waals surface area contributed by atoms with Gasteiger partial charge in [0.15, 0.2) is 0 Å². The molecule has 2 aromatic carbocycles. The van der Waals surface area contributed by atoms with Crippen molar-refractivity contribution < 1.29 is 18.0 Å². The van der Waals surface area contributed by atoms with Crippen LogP contribution in [0.2, 0.25) is 0 Å². The Morgan fingerprint density at radius 3 is 2.15 bits per heavy atom. The zero-order valence-corrected chi connectivity index (χ0v) is 15.3. The molecule has 2 amide bonds. The predicted octanol–water partition coefficient (Wildman–Crippen LogP) is 1.08. The summed E-state index contributed by atoms with van der Waals surface area (Å²) in [5.41, 5.74) is 7.36. The van der Waals surface area contributed by atoms with E-state index in [1.807, 2.05) is 31.2 Å². The second kappa shape index (κ2) is 8.11. The van der Waals surface area contributed by atoms with Gasteiger partial charge in [-0.2, -0.15) is 4.72 Å². The first-order chi connectivity index (χ1) is 12.2. The minimum Gasteiger partial charge on any atom is -0.366 e. The summed E-state index contributed by atoms with van der Waals surface area (Å²) in [7, 11) is -3.90. The van der Waals surface area contributed by atoms with E-state index in [9.17, 15) is 18.0 Å². The van der Waals surface area contributed by atoms with Crippen molar-refractivity contribution in [1.29, 1.82) is 0 Å². The predicted molar refractivity (Wildman–Crippen MR) is 97.8 cm³/mol. The second-order valence-electron chi connectivity index (χ2n) is 5.94. The molecule has 0 fully saturated rings. The summed E-state index contributed by atoms with van der Waals surface area (Å²) in [6.07, 6.45) is 0. The number of hydrogen-bond acceptors (Lipinski definition) is 4. The summed E-state index contributed by atoms with van der Waals surface area (Å²) in [5.74, 6) is -1.09. The maximum atomic E-state index is 12.3. The van der Waals surface area contributed by atoms with Gasteiger partial charge in [0.2, 0.25) is 21.8 Å². The highest BCUT2D eigenvalue weighted by molar-refractivity contribution is 7.89. The van der Waals surface area contributed by atoms with Gasteiger partial charge < -0.3 is 11.1 Å². The third-order valence-corrected chi connectivity index (χ3v) is 5.32. The van der Waals surface area contributed by atoms with E-state index < -0.39 is 27.9 Å². The smallest absolute Gasteiger partial charge is 0.248 e. The van der Waals surface area contributed by atoms with Crippen molar-refractivity contribution in [3.63, 3.8) is 0 Å². The summed E-state index contributed by atoms with van der Waals surface area (Å²) >= 11 is 0. The third-order valence-electron chi connectivity index (χ3n) is 3.76. The molecule has 0 spiro atoms. The molecule has 0 saturated heterocycles. The van der Waals surface area contributed by atoms with Gasteiger partial charge in [-0.25, -0.2) is 8.42 Å². The molecular formula is C18H21N3O4S. The van der Waals surface area contributed by atoms with Crippen LogP contribution in [0.4, 0.5) is 0 Å². The Balaban J connectivity index is 1.97. The van der Waals surface area contributed by atoms with E-state index in [0.717, 1.165) is 11.1 Å². The third kappa shape index (κ3) is 5.14. The average Bonchev–Trinajstić information content (AvgIpc) is 2.60. The SMILES string of the molecule is Cc1ccc(CNC(=O)[C@@H](C)NS(=O)(=O)c2ccc(C(N)=O)cc2)cc1. The maximum absolute atomic E-state index is 12.3. The molecule has 0 saturated carbocycles. The number of aryl methyl sites for hydroxylation is 1. The van der Waals surface area contributed by atoms with E-state index in [-0.39, 0.29) is 10.5 Å². The monoisotopic (exact) mass is 375 g/mol. The molecule has 0 bridgehead atoms. The first-order valence-corrected chi connectivity index (χ1v) is 9.43. The van der Waals surface area contributed by atoms with Gasteiger partial charge in [-0.3, -0.25) is 9.59 Å². The topological polar surface area (TPSA) is 118 Å². The number of sulfonamides is 1. The summed E-state index contributed by atoms with van der Waals surface area (Å²) in [5, 5.41) is 2.69. The van der Waals surface area contributed by atoms with Crippen LogP contribution in [0.15, 0.2) is 53.4 Å². The van der Waals surface area contributed by atoms with Crippen LogP contribution in [0.1, 0.15) is 28.4 Å². The van der Waals surface area contributed by atoms with Gasteiger partial charge in [0, 0.05) is 12.1 Å². The van der Waals surface area contributed by atoms with Gasteiger partial charge in [-0.1, -0.05) is 29.8 Å². The summed E-state index contributed by atoms with van der Waals surface area (Å²) < 4.78 is 27.0. The zero-order chi connectivity index (χ0) is 19.3. The van der Waals surface area contributed by atoms with E-state index >= 15 is 0 Å². The van der Waals surface area contributed by atoms with Crippen molar-refractivity contribution in [2.75, 3.05) is 0 Å². The van der Waals surface area contributed by atoms with Crippen LogP contribution in [-0.4, -0.2) is 26.3 Å². The normalized spacial score (nSPS) is 12.4. The first kappa shape index (κ1) is 19.6. The van der Waals surface area contributed by atoms with Gasteiger partial charge in [0.05, 0.1) is 10.9 Å². The Morgan fingerprint density at radius 1 is 1.04 bits per heavy atom. The number of carbonyl (C=O) groups excluding carboxylic acids is 2. The van der Waals surface area contributed by atoms with Crippen molar-refractivity contribution in [3.8, 4) is 0 Å². The van der Waals surface area contributed by atoms with Crippen LogP contribution < -0.4 is 15.8 Å². The van der Waals surface area contributed by atoms with Crippen LogP contribution in [-0.2, 0) is 21.4 Å². The van der Waals surface area contributed by atoms with Crippen molar-refractivity contribution in [2.45, 2.75) is 31.3 Å². The van der Waals surface area contributed by atoms with Crippen molar-refractivity contribution >= 4 is 21.8 Å². The lowest BCUT2D eigenvalue weighted by molar-refractivity contribution is -0.122. The van der Waals surface area contributed by atoms with E-state index in [0.29, 0.717) is 6.54 Å². The highest BCUT2D eigenvalue weighted by Crippen LogP contribution is 2.11. The molecule has 26 heavy (non-hydrogen) atoms. The summed E-state index contributed by atoms with van der Waals surface area (Å²) in [6.45, 7) is 3.73. The van der Waals surface area contributed by atoms with Gasteiger partial charge in [0.1, 0.15) is 0 Å². The van der Waals surface area contributed by atoms with Crippen LogP contribution in [0, 0.1) is 6.92 Å². The van der Waals surface area contributed by atoms with Crippen molar-refractivity contribution in [2.24, 2.45) is 5.73 Å².